The number of Topliss-reactive ketones (excluding diaryl/α,β-unsaturated/α-hetero) is 1. The van der Waals surface area contributed by atoms with Gasteiger partial charge in [0.1, 0.15) is 0 Å². The van der Waals surface area contributed by atoms with E-state index in [2.05, 4.69) is 0 Å². The summed E-state index contributed by atoms with van der Waals surface area (Å²) in [5.74, 6) is -2.73. The third-order valence-electron chi connectivity index (χ3n) is 5.64. The molecule has 33 heavy (non-hydrogen) atoms. The van der Waals surface area contributed by atoms with E-state index in [4.69, 9.17) is 0 Å². The number of rotatable bonds is 8. The lowest BCUT2D eigenvalue weighted by Crippen LogP contribution is -2.45. The minimum Gasteiger partial charge on any atom is -0.480 e. The van der Waals surface area contributed by atoms with E-state index in [1.54, 1.807) is 9.80 Å². The Morgan fingerprint density at radius 2 is 0.818 bits per heavy atom. The first kappa shape index (κ1) is 29.0. The molecule has 1 fully saturated rings. The minimum atomic E-state index is -0.956. The van der Waals surface area contributed by atoms with Gasteiger partial charge >= 0.3 is 17.9 Å². The number of hydrogen-bond donors (Lipinski definition) is 3. The summed E-state index contributed by atoms with van der Waals surface area (Å²) in [5, 5.41) is 27.7. The van der Waals surface area contributed by atoms with Crippen LogP contribution in [0.5, 0.6) is 0 Å². The smallest absolute Gasteiger partial charge is 0.317 e. The molecule has 0 aliphatic carbocycles. The van der Waals surface area contributed by atoms with Crippen LogP contribution in [0.1, 0.15) is 33.6 Å². The number of aliphatic carboxylic acids is 3. The molecule has 1 aliphatic heterocycles. The molecule has 1 aliphatic rings. The summed E-state index contributed by atoms with van der Waals surface area (Å²) < 4.78 is 0. The van der Waals surface area contributed by atoms with Gasteiger partial charge in [0.2, 0.25) is 0 Å². The Balaban J connectivity index is 2.96. The summed E-state index contributed by atoms with van der Waals surface area (Å²) >= 11 is 0. The van der Waals surface area contributed by atoms with E-state index in [0.717, 1.165) is 0 Å². The molecule has 0 aromatic carbocycles. The average molecular weight is 473 g/mol. The van der Waals surface area contributed by atoms with Crippen molar-refractivity contribution in [3.8, 4) is 0 Å². The molecule has 0 amide bonds. The molecule has 0 radical (unpaired) electrons. The Kier molecular flexibility index (Phi) is 12.5. The van der Waals surface area contributed by atoms with E-state index in [0.29, 0.717) is 65.2 Å². The van der Waals surface area contributed by atoms with Crippen molar-refractivity contribution in [3.63, 3.8) is 0 Å². The monoisotopic (exact) mass is 472 g/mol. The van der Waals surface area contributed by atoms with E-state index >= 15 is 0 Å². The maximum Gasteiger partial charge on any atom is 0.317 e. The number of nitrogens with zero attached hydrogens (tertiary/aromatic N) is 4. The van der Waals surface area contributed by atoms with Gasteiger partial charge in [-0.1, -0.05) is 20.8 Å². The van der Waals surface area contributed by atoms with Gasteiger partial charge in [-0.15, -0.1) is 0 Å². The van der Waals surface area contributed by atoms with Crippen LogP contribution in [0.4, 0.5) is 0 Å². The molecule has 1 saturated heterocycles. The van der Waals surface area contributed by atoms with E-state index in [1.807, 2.05) is 30.6 Å². The number of carbonyl (C=O) groups is 4. The molecule has 11 nitrogen and oxygen atoms in total. The first-order valence-electron chi connectivity index (χ1n) is 11.4. The number of carboxylic acid groups (broad SMARTS) is 3. The number of hydrogen-bond acceptors (Lipinski definition) is 8. The molecule has 0 atom stereocenters. The fraction of sp³-hybridized carbons (Fsp3) is 0.818. The largest absolute Gasteiger partial charge is 0.480 e. The van der Waals surface area contributed by atoms with Crippen LogP contribution >= 0.6 is 0 Å². The van der Waals surface area contributed by atoms with Crippen LogP contribution in [0.3, 0.4) is 0 Å². The van der Waals surface area contributed by atoms with E-state index < -0.39 is 23.3 Å². The van der Waals surface area contributed by atoms with Crippen LogP contribution in [0.2, 0.25) is 0 Å². The highest BCUT2D eigenvalue weighted by Gasteiger charge is 2.24. The topological polar surface area (TPSA) is 142 Å². The second kappa shape index (κ2) is 14.2. The van der Waals surface area contributed by atoms with Crippen LogP contribution in [-0.4, -0.2) is 137 Å². The molecule has 11 heteroatoms. The molecular weight excluding hydrogens is 432 g/mol. The summed E-state index contributed by atoms with van der Waals surface area (Å²) in [7, 11) is 0. The summed E-state index contributed by atoms with van der Waals surface area (Å²) in [6.45, 7) is 9.33. The Morgan fingerprint density at radius 1 is 0.545 bits per heavy atom. The first-order valence-corrected chi connectivity index (χ1v) is 11.4. The molecular formula is C22H40N4O7. The van der Waals surface area contributed by atoms with Gasteiger partial charge in [0.15, 0.2) is 5.78 Å². The van der Waals surface area contributed by atoms with Gasteiger partial charge in [-0.05, 0) is 19.4 Å². The van der Waals surface area contributed by atoms with Crippen molar-refractivity contribution in [1.29, 1.82) is 0 Å². The fourth-order valence-electron chi connectivity index (χ4n) is 3.70. The predicted octanol–water partition coefficient (Wildman–Crippen LogP) is -0.143. The average Bonchev–Trinajstić information content (AvgIpc) is 2.66. The molecule has 0 bridgehead atoms. The van der Waals surface area contributed by atoms with Crippen LogP contribution in [0.15, 0.2) is 0 Å². The summed E-state index contributed by atoms with van der Waals surface area (Å²) in [6, 6.07) is 0. The highest BCUT2D eigenvalue weighted by atomic mass is 16.4. The number of carboxylic acids is 3. The normalized spacial score (nSPS) is 19.6. The van der Waals surface area contributed by atoms with Crippen LogP contribution < -0.4 is 0 Å². The minimum absolute atomic E-state index is 0.0973. The van der Waals surface area contributed by atoms with Crippen molar-refractivity contribution in [3.05, 3.63) is 0 Å². The SMILES string of the molecule is CC(C)(C)C(=O)CN1CCCN(CC(=O)O)CCN(CC(=O)O)CCCN(CC(=O)O)CC1. The molecule has 0 aromatic rings. The Morgan fingerprint density at radius 3 is 1.06 bits per heavy atom. The fourth-order valence-corrected chi connectivity index (χ4v) is 3.70. The van der Waals surface area contributed by atoms with Crippen molar-refractivity contribution in [2.24, 2.45) is 5.41 Å². The van der Waals surface area contributed by atoms with E-state index in [1.165, 1.54) is 0 Å². The Bertz CT molecular complexity index is 666. The Hall–Kier alpha value is -2.08. The first-order chi connectivity index (χ1) is 15.4. The quantitative estimate of drug-likeness (QED) is 0.434. The van der Waals surface area contributed by atoms with Gasteiger partial charge in [0.25, 0.3) is 0 Å². The van der Waals surface area contributed by atoms with Crippen molar-refractivity contribution in [1.82, 2.24) is 19.6 Å². The zero-order valence-corrected chi connectivity index (χ0v) is 20.2. The lowest BCUT2D eigenvalue weighted by molar-refractivity contribution is -0.140. The summed E-state index contributed by atoms with van der Waals surface area (Å²) in [6.07, 6.45) is 1.23. The van der Waals surface area contributed by atoms with Gasteiger partial charge in [-0.2, -0.15) is 0 Å². The van der Waals surface area contributed by atoms with Gasteiger partial charge in [0, 0.05) is 51.2 Å². The van der Waals surface area contributed by atoms with E-state index in [-0.39, 0.29) is 32.0 Å². The lowest BCUT2D eigenvalue weighted by atomic mass is 9.90. The van der Waals surface area contributed by atoms with Gasteiger partial charge in [0.05, 0.1) is 26.2 Å². The van der Waals surface area contributed by atoms with Crippen molar-refractivity contribution >= 4 is 23.7 Å². The van der Waals surface area contributed by atoms with Crippen LogP contribution in [0.25, 0.3) is 0 Å². The lowest BCUT2D eigenvalue weighted by Gasteiger charge is -2.31. The standard InChI is InChI=1S/C22H40N4O7/c1-22(2,3)18(27)14-23-6-4-7-25(16-20(30)31)12-13-26(17-21(32)33)9-5-8-24(11-10-23)15-19(28)29/h4-17H2,1-3H3,(H,28,29)(H,30,31)(H,32,33). The zero-order valence-electron chi connectivity index (χ0n) is 20.2. The van der Waals surface area contributed by atoms with Crippen LogP contribution in [-0.2, 0) is 19.2 Å². The molecule has 0 aromatic heterocycles. The van der Waals surface area contributed by atoms with Crippen molar-refractivity contribution < 1.29 is 34.5 Å². The third-order valence-corrected chi connectivity index (χ3v) is 5.64. The highest BCUT2D eigenvalue weighted by molar-refractivity contribution is 5.85. The van der Waals surface area contributed by atoms with Crippen molar-refractivity contribution in [2.45, 2.75) is 33.6 Å². The summed E-state index contributed by atoms with van der Waals surface area (Å²) in [4.78, 5) is 53.8. The second-order valence-corrected chi connectivity index (χ2v) is 9.67. The Labute approximate surface area is 195 Å². The molecule has 0 spiro atoms. The molecule has 190 valence electrons. The van der Waals surface area contributed by atoms with Gasteiger partial charge in [-0.25, -0.2) is 0 Å². The molecule has 1 heterocycles. The van der Waals surface area contributed by atoms with Crippen molar-refractivity contribution in [2.75, 3.05) is 78.5 Å². The van der Waals surface area contributed by atoms with Crippen LogP contribution in [0, 0.1) is 5.41 Å². The molecule has 3 N–H and O–H groups in total. The van der Waals surface area contributed by atoms with Gasteiger partial charge in [-0.3, -0.25) is 38.8 Å². The number of carbonyl (C=O) groups excluding carboxylic acids is 1. The zero-order chi connectivity index (χ0) is 25.0. The summed E-state index contributed by atoms with van der Waals surface area (Å²) in [5.41, 5.74) is -0.483. The third kappa shape index (κ3) is 13.3. The second-order valence-electron chi connectivity index (χ2n) is 9.67. The maximum atomic E-state index is 12.6. The highest BCUT2D eigenvalue weighted by Crippen LogP contribution is 2.15. The molecule has 0 unspecified atom stereocenters. The maximum absolute atomic E-state index is 12.6. The van der Waals surface area contributed by atoms with E-state index in [9.17, 15) is 34.5 Å². The predicted molar refractivity (Wildman–Crippen MR) is 122 cm³/mol. The van der Waals surface area contributed by atoms with Gasteiger partial charge < -0.3 is 15.3 Å². The molecule has 1 rings (SSSR count). The number of ketones is 1. The molecule has 0 saturated carbocycles.